The molecular formula is C17H26N2O3S. The van der Waals surface area contributed by atoms with Crippen molar-refractivity contribution in [3.05, 3.63) is 22.4 Å². The monoisotopic (exact) mass is 338 g/mol. The lowest BCUT2D eigenvalue weighted by Crippen LogP contribution is -2.49. The van der Waals surface area contributed by atoms with Crippen molar-refractivity contribution >= 4 is 23.2 Å². The molecule has 1 aliphatic heterocycles. The standard InChI is InChI=1S/C17H26N2O3S/c1-17(2,3)22-16(21)18-11-13-7-4-5-9-19(13)12-14(20)15-8-6-10-23-15/h6,8,10,13H,4-5,7,9,11-12H2,1-3H3,(H,18,21)/t13-/m0/s1. The number of hydrogen-bond donors (Lipinski definition) is 1. The van der Waals surface area contributed by atoms with Gasteiger partial charge in [0.1, 0.15) is 5.60 Å². The number of piperidine rings is 1. The van der Waals surface area contributed by atoms with Crippen LogP contribution in [-0.4, -0.2) is 48.1 Å². The van der Waals surface area contributed by atoms with Crippen LogP contribution in [0, 0.1) is 0 Å². The minimum Gasteiger partial charge on any atom is -0.444 e. The van der Waals surface area contributed by atoms with Gasteiger partial charge in [0, 0.05) is 12.6 Å². The topological polar surface area (TPSA) is 58.6 Å². The molecule has 1 atom stereocenters. The van der Waals surface area contributed by atoms with Crippen molar-refractivity contribution in [2.75, 3.05) is 19.6 Å². The molecule has 128 valence electrons. The Hall–Kier alpha value is -1.40. The molecule has 0 spiro atoms. The number of thiophene rings is 1. The van der Waals surface area contributed by atoms with Crippen molar-refractivity contribution in [2.24, 2.45) is 0 Å². The first-order chi connectivity index (χ1) is 10.8. The highest BCUT2D eigenvalue weighted by Gasteiger charge is 2.26. The molecule has 1 aromatic rings. The fraction of sp³-hybridized carbons (Fsp3) is 0.647. The zero-order valence-corrected chi connectivity index (χ0v) is 14.9. The zero-order chi connectivity index (χ0) is 16.9. The summed E-state index contributed by atoms with van der Waals surface area (Å²) in [5.74, 6) is 0.157. The molecule has 1 N–H and O–H groups in total. The molecule has 1 aliphatic rings. The number of Topliss-reactive ketones (excluding diaryl/α,β-unsaturated/α-hetero) is 1. The van der Waals surface area contributed by atoms with E-state index in [1.807, 2.05) is 38.3 Å². The number of carbonyl (C=O) groups is 2. The van der Waals surface area contributed by atoms with Gasteiger partial charge in [0.2, 0.25) is 0 Å². The molecule has 0 unspecified atom stereocenters. The van der Waals surface area contributed by atoms with E-state index in [0.717, 1.165) is 30.7 Å². The Morgan fingerprint density at radius 3 is 2.83 bits per heavy atom. The normalized spacial score (nSPS) is 19.3. The first kappa shape index (κ1) is 17.9. The molecule has 1 fully saturated rings. The van der Waals surface area contributed by atoms with Gasteiger partial charge in [0.15, 0.2) is 5.78 Å². The lowest BCUT2D eigenvalue weighted by atomic mass is 10.0. The first-order valence-corrected chi connectivity index (χ1v) is 9.01. The molecule has 0 bridgehead atoms. The second kappa shape index (κ2) is 7.93. The number of carbonyl (C=O) groups excluding carboxylic acids is 2. The molecule has 0 aromatic carbocycles. The third-order valence-corrected chi connectivity index (χ3v) is 4.68. The smallest absolute Gasteiger partial charge is 0.407 e. The van der Waals surface area contributed by atoms with Crippen LogP contribution in [0.5, 0.6) is 0 Å². The van der Waals surface area contributed by atoms with Crippen molar-refractivity contribution in [1.29, 1.82) is 0 Å². The number of nitrogens with one attached hydrogen (secondary N) is 1. The van der Waals surface area contributed by atoms with E-state index in [2.05, 4.69) is 10.2 Å². The Labute approximate surface area is 142 Å². The van der Waals surface area contributed by atoms with Crippen LogP contribution in [0.1, 0.15) is 49.7 Å². The average Bonchev–Trinajstić information content (AvgIpc) is 2.99. The maximum absolute atomic E-state index is 12.3. The summed E-state index contributed by atoms with van der Waals surface area (Å²) in [7, 11) is 0. The maximum atomic E-state index is 12.3. The quantitative estimate of drug-likeness (QED) is 0.837. The SMILES string of the molecule is CC(C)(C)OC(=O)NC[C@@H]1CCCCN1CC(=O)c1cccs1. The number of hydrogen-bond acceptors (Lipinski definition) is 5. The molecule has 2 rings (SSSR count). The Morgan fingerprint density at radius 1 is 1.39 bits per heavy atom. The predicted octanol–water partition coefficient (Wildman–Crippen LogP) is 3.31. The van der Waals surface area contributed by atoms with Gasteiger partial charge in [-0.1, -0.05) is 12.5 Å². The van der Waals surface area contributed by atoms with Crippen molar-refractivity contribution < 1.29 is 14.3 Å². The first-order valence-electron chi connectivity index (χ1n) is 8.13. The molecule has 1 aromatic heterocycles. The molecule has 2 heterocycles. The number of nitrogens with zero attached hydrogens (tertiary/aromatic N) is 1. The van der Waals surface area contributed by atoms with Crippen LogP contribution in [0.3, 0.4) is 0 Å². The van der Waals surface area contributed by atoms with E-state index in [1.54, 1.807) is 0 Å². The Bertz CT molecular complexity index is 522. The summed E-state index contributed by atoms with van der Waals surface area (Å²) in [6.45, 7) is 7.38. The van der Waals surface area contributed by atoms with Gasteiger partial charge in [0.25, 0.3) is 0 Å². The van der Waals surface area contributed by atoms with Gasteiger partial charge in [-0.25, -0.2) is 4.79 Å². The number of amides is 1. The summed E-state index contributed by atoms with van der Waals surface area (Å²) >= 11 is 1.48. The van der Waals surface area contributed by atoms with Gasteiger partial charge in [-0.05, 0) is 51.6 Å². The summed E-state index contributed by atoms with van der Waals surface area (Å²) in [6.07, 6.45) is 2.83. The molecule has 1 saturated heterocycles. The summed E-state index contributed by atoms with van der Waals surface area (Å²) in [4.78, 5) is 27.1. The zero-order valence-electron chi connectivity index (χ0n) is 14.1. The summed E-state index contributed by atoms with van der Waals surface area (Å²) in [5, 5.41) is 4.76. The van der Waals surface area contributed by atoms with Gasteiger partial charge in [-0.3, -0.25) is 9.69 Å². The lowest BCUT2D eigenvalue weighted by molar-refractivity contribution is 0.0495. The molecule has 5 nitrogen and oxygen atoms in total. The lowest BCUT2D eigenvalue weighted by Gasteiger charge is -2.35. The van der Waals surface area contributed by atoms with E-state index in [4.69, 9.17) is 4.74 Å². The summed E-state index contributed by atoms with van der Waals surface area (Å²) in [5.41, 5.74) is -0.495. The fourth-order valence-corrected chi connectivity index (χ4v) is 3.37. The van der Waals surface area contributed by atoms with E-state index in [9.17, 15) is 9.59 Å². The minimum atomic E-state index is -0.495. The van der Waals surface area contributed by atoms with Crippen molar-refractivity contribution in [3.63, 3.8) is 0 Å². The molecule has 0 radical (unpaired) electrons. The highest BCUT2D eigenvalue weighted by Crippen LogP contribution is 2.18. The van der Waals surface area contributed by atoms with Gasteiger partial charge < -0.3 is 10.1 Å². The van der Waals surface area contributed by atoms with E-state index in [1.165, 1.54) is 11.3 Å². The summed E-state index contributed by atoms with van der Waals surface area (Å²) in [6, 6.07) is 3.96. The van der Waals surface area contributed by atoms with Crippen LogP contribution in [-0.2, 0) is 4.74 Å². The molecular weight excluding hydrogens is 312 g/mol. The van der Waals surface area contributed by atoms with Gasteiger partial charge >= 0.3 is 6.09 Å². The van der Waals surface area contributed by atoms with E-state index >= 15 is 0 Å². The number of likely N-dealkylation sites (tertiary alicyclic amines) is 1. The molecule has 0 aliphatic carbocycles. The van der Waals surface area contributed by atoms with Crippen molar-refractivity contribution in [2.45, 2.75) is 51.7 Å². The molecule has 0 saturated carbocycles. The average molecular weight is 338 g/mol. The molecule has 1 amide bonds. The molecule has 23 heavy (non-hydrogen) atoms. The highest BCUT2D eigenvalue weighted by molar-refractivity contribution is 7.12. The van der Waals surface area contributed by atoms with Crippen LogP contribution >= 0.6 is 11.3 Å². The third kappa shape index (κ3) is 5.95. The van der Waals surface area contributed by atoms with E-state index < -0.39 is 11.7 Å². The maximum Gasteiger partial charge on any atom is 0.407 e. The Balaban J connectivity index is 1.86. The van der Waals surface area contributed by atoms with E-state index in [-0.39, 0.29) is 11.8 Å². The van der Waals surface area contributed by atoms with Crippen LogP contribution < -0.4 is 5.32 Å². The van der Waals surface area contributed by atoms with Gasteiger partial charge in [-0.15, -0.1) is 11.3 Å². The number of ether oxygens (including phenoxy) is 1. The largest absolute Gasteiger partial charge is 0.444 e. The van der Waals surface area contributed by atoms with Crippen molar-refractivity contribution in [1.82, 2.24) is 10.2 Å². The van der Waals surface area contributed by atoms with Crippen LogP contribution in [0.25, 0.3) is 0 Å². The van der Waals surface area contributed by atoms with Crippen molar-refractivity contribution in [3.8, 4) is 0 Å². The predicted molar refractivity (Wildman–Crippen MR) is 92.1 cm³/mol. The van der Waals surface area contributed by atoms with Crippen LogP contribution in [0.4, 0.5) is 4.79 Å². The fourth-order valence-electron chi connectivity index (χ4n) is 2.71. The Morgan fingerprint density at radius 2 is 2.17 bits per heavy atom. The third-order valence-electron chi connectivity index (χ3n) is 3.77. The number of rotatable bonds is 5. The second-order valence-corrected chi connectivity index (χ2v) is 7.85. The highest BCUT2D eigenvalue weighted by atomic mass is 32.1. The summed E-state index contributed by atoms with van der Waals surface area (Å²) < 4.78 is 5.27. The second-order valence-electron chi connectivity index (χ2n) is 6.90. The minimum absolute atomic E-state index is 0.157. The van der Waals surface area contributed by atoms with Crippen LogP contribution in [0.15, 0.2) is 17.5 Å². The van der Waals surface area contributed by atoms with Gasteiger partial charge in [-0.2, -0.15) is 0 Å². The number of ketones is 1. The number of alkyl carbamates (subject to hydrolysis) is 1. The Kier molecular flexibility index (Phi) is 6.18. The van der Waals surface area contributed by atoms with Gasteiger partial charge in [0.05, 0.1) is 11.4 Å². The van der Waals surface area contributed by atoms with Crippen LogP contribution in [0.2, 0.25) is 0 Å². The van der Waals surface area contributed by atoms with E-state index in [0.29, 0.717) is 13.1 Å². The molecule has 6 heteroatoms.